The zero-order valence-corrected chi connectivity index (χ0v) is 19.3. The quantitative estimate of drug-likeness (QED) is 0.438. The van der Waals surface area contributed by atoms with Gasteiger partial charge in [-0.25, -0.2) is 9.37 Å². The van der Waals surface area contributed by atoms with Gasteiger partial charge in [0.1, 0.15) is 22.4 Å². The number of nitrogens with zero attached hydrogens (tertiary/aromatic N) is 5. The van der Waals surface area contributed by atoms with Crippen molar-refractivity contribution in [3.63, 3.8) is 0 Å². The molecule has 0 bridgehead atoms. The van der Waals surface area contributed by atoms with Gasteiger partial charge in [0.2, 0.25) is 4.96 Å². The maximum absolute atomic E-state index is 13.3. The fraction of sp³-hybridized carbons (Fsp3) is 0.250. The molecular weight excluding hydrogens is 457 g/mol. The van der Waals surface area contributed by atoms with Crippen LogP contribution in [0.1, 0.15) is 5.56 Å². The average molecular weight is 480 g/mol. The number of benzene rings is 2. The van der Waals surface area contributed by atoms with E-state index in [0.29, 0.717) is 42.7 Å². The molecule has 8 nitrogen and oxygen atoms in total. The van der Waals surface area contributed by atoms with E-state index in [1.807, 2.05) is 36.1 Å². The number of carbonyl (C=O) groups excluding carboxylic acids is 1. The number of ether oxygens (including phenoxy) is 1. The van der Waals surface area contributed by atoms with Gasteiger partial charge in [0.05, 0.1) is 0 Å². The van der Waals surface area contributed by atoms with Gasteiger partial charge in [-0.15, -0.1) is 0 Å². The molecule has 0 N–H and O–H groups in total. The first-order valence-corrected chi connectivity index (χ1v) is 11.7. The smallest absolute Gasteiger partial charge is 0.277 e. The third kappa shape index (κ3) is 4.49. The highest BCUT2D eigenvalue weighted by atomic mass is 32.1. The molecule has 0 atom stereocenters. The number of piperazine rings is 1. The summed E-state index contributed by atoms with van der Waals surface area (Å²) < 4.78 is 20.0. The molecule has 0 radical (unpaired) electrons. The number of amides is 1. The molecule has 1 aliphatic heterocycles. The molecule has 0 unspecified atom stereocenters. The Morgan fingerprint density at radius 2 is 1.88 bits per heavy atom. The van der Waals surface area contributed by atoms with E-state index in [4.69, 9.17) is 4.74 Å². The predicted octanol–water partition coefficient (Wildman–Crippen LogP) is 2.99. The van der Waals surface area contributed by atoms with Crippen molar-refractivity contribution in [2.75, 3.05) is 37.7 Å². The van der Waals surface area contributed by atoms with Crippen LogP contribution in [-0.4, -0.2) is 58.2 Å². The SMILES string of the molecule is Cc1ccccc1-c1nn2c(=O)cc(N3CCN(C(=O)COc4cccc(F)c4)CC3)nc2s1. The lowest BCUT2D eigenvalue weighted by Gasteiger charge is -2.35. The molecule has 1 fully saturated rings. The third-order valence-corrected chi connectivity index (χ3v) is 6.66. The van der Waals surface area contributed by atoms with Crippen molar-refractivity contribution in [2.24, 2.45) is 0 Å². The van der Waals surface area contributed by atoms with Crippen LogP contribution >= 0.6 is 11.3 Å². The maximum atomic E-state index is 13.3. The number of aromatic nitrogens is 3. The van der Waals surface area contributed by atoms with Crippen molar-refractivity contribution < 1.29 is 13.9 Å². The van der Waals surface area contributed by atoms with Crippen LogP contribution in [0, 0.1) is 12.7 Å². The molecule has 10 heteroatoms. The number of hydrogen-bond acceptors (Lipinski definition) is 7. The summed E-state index contributed by atoms with van der Waals surface area (Å²) in [6.45, 7) is 3.88. The normalized spacial score (nSPS) is 13.9. The van der Waals surface area contributed by atoms with Crippen LogP contribution < -0.4 is 15.2 Å². The first kappa shape index (κ1) is 22.0. The molecule has 174 valence electrons. The lowest BCUT2D eigenvalue weighted by Crippen LogP contribution is -2.50. The lowest BCUT2D eigenvalue weighted by atomic mass is 10.1. The van der Waals surface area contributed by atoms with E-state index in [0.717, 1.165) is 16.1 Å². The molecule has 0 saturated carbocycles. The summed E-state index contributed by atoms with van der Waals surface area (Å²) in [5, 5.41) is 5.21. The molecule has 1 saturated heterocycles. The van der Waals surface area contributed by atoms with Crippen molar-refractivity contribution in [2.45, 2.75) is 6.92 Å². The van der Waals surface area contributed by atoms with Gasteiger partial charge in [0, 0.05) is 43.9 Å². The van der Waals surface area contributed by atoms with Crippen LogP contribution in [0.2, 0.25) is 0 Å². The molecule has 0 aliphatic carbocycles. The summed E-state index contributed by atoms with van der Waals surface area (Å²) in [6, 6.07) is 15.1. The van der Waals surface area contributed by atoms with E-state index >= 15 is 0 Å². The molecule has 5 rings (SSSR count). The predicted molar refractivity (Wildman–Crippen MR) is 128 cm³/mol. The standard InChI is InChI=1S/C24H22FN5O3S/c1-16-5-2-3-8-19(16)23-27-30-21(31)14-20(26-24(30)34-23)28-9-11-29(12-10-28)22(32)15-33-18-7-4-6-17(25)13-18/h2-8,13-14H,9-12,15H2,1H3. The van der Waals surface area contributed by atoms with E-state index < -0.39 is 5.82 Å². The minimum atomic E-state index is -0.411. The second-order valence-electron chi connectivity index (χ2n) is 7.98. The van der Waals surface area contributed by atoms with Crippen LogP contribution in [-0.2, 0) is 4.79 Å². The van der Waals surface area contributed by atoms with Crippen LogP contribution in [0.3, 0.4) is 0 Å². The number of rotatable bonds is 5. The Hall–Kier alpha value is -3.79. The Balaban J connectivity index is 1.26. The highest BCUT2D eigenvalue weighted by Crippen LogP contribution is 2.27. The molecule has 1 aliphatic rings. The van der Waals surface area contributed by atoms with Crippen molar-refractivity contribution >= 4 is 28.0 Å². The summed E-state index contributed by atoms with van der Waals surface area (Å²) in [7, 11) is 0. The second kappa shape index (κ2) is 9.22. The van der Waals surface area contributed by atoms with Gasteiger partial charge in [0.25, 0.3) is 11.5 Å². The first-order valence-electron chi connectivity index (χ1n) is 10.9. The maximum Gasteiger partial charge on any atom is 0.277 e. The fourth-order valence-corrected chi connectivity index (χ4v) is 4.85. The Morgan fingerprint density at radius 3 is 2.65 bits per heavy atom. The Morgan fingerprint density at radius 1 is 1.09 bits per heavy atom. The van der Waals surface area contributed by atoms with Gasteiger partial charge in [-0.1, -0.05) is 41.7 Å². The summed E-state index contributed by atoms with van der Waals surface area (Å²) in [6.07, 6.45) is 0. The largest absolute Gasteiger partial charge is 0.484 e. The Bertz CT molecular complexity index is 1410. The Labute approximate surface area is 198 Å². The monoisotopic (exact) mass is 479 g/mol. The topological polar surface area (TPSA) is 80.0 Å². The van der Waals surface area contributed by atoms with Crippen LogP contribution in [0.4, 0.5) is 10.2 Å². The van der Waals surface area contributed by atoms with E-state index in [1.54, 1.807) is 11.0 Å². The lowest BCUT2D eigenvalue weighted by molar-refractivity contribution is -0.133. The van der Waals surface area contributed by atoms with Crippen molar-refractivity contribution in [3.8, 4) is 16.3 Å². The number of hydrogen-bond donors (Lipinski definition) is 0. The van der Waals surface area contributed by atoms with Gasteiger partial charge in [-0.05, 0) is 24.6 Å². The second-order valence-corrected chi connectivity index (χ2v) is 8.94. The van der Waals surface area contributed by atoms with Crippen molar-refractivity contribution in [3.05, 3.63) is 76.3 Å². The number of aryl methyl sites for hydroxylation is 1. The molecule has 2 aromatic carbocycles. The van der Waals surface area contributed by atoms with Crippen LogP contribution in [0.5, 0.6) is 5.75 Å². The summed E-state index contributed by atoms with van der Waals surface area (Å²) in [5.74, 6) is 0.316. The molecule has 2 aromatic heterocycles. The van der Waals surface area contributed by atoms with Gasteiger partial charge >= 0.3 is 0 Å². The first-order chi connectivity index (χ1) is 16.5. The van der Waals surface area contributed by atoms with E-state index in [1.165, 1.54) is 40.1 Å². The number of halogens is 1. The van der Waals surface area contributed by atoms with Crippen molar-refractivity contribution in [1.29, 1.82) is 0 Å². The summed E-state index contributed by atoms with van der Waals surface area (Å²) >= 11 is 1.37. The van der Waals surface area contributed by atoms with E-state index in [9.17, 15) is 14.0 Å². The van der Waals surface area contributed by atoms with Crippen molar-refractivity contribution in [1.82, 2.24) is 19.5 Å². The minimum absolute atomic E-state index is 0.155. The van der Waals surface area contributed by atoms with Gasteiger partial charge in [-0.2, -0.15) is 9.61 Å². The summed E-state index contributed by atoms with van der Waals surface area (Å²) in [4.78, 5) is 34.1. The highest BCUT2D eigenvalue weighted by Gasteiger charge is 2.23. The molecule has 1 amide bonds. The van der Waals surface area contributed by atoms with E-state index in [2.05, 4.69) is 10.1 Å². The van der Waals surface area contributed by atoms with Gasteiger partial charge in [0.15, 0.2) is 6.61 Å². The zero-order chi connectivity index (χ0) is 23.7. The fourth-order valence-electron chi connectivity index (χ4n) is 3.86. The summed E-state index contributed by atoms with van der Waals surface area (Å²) in [5.41, 5.74) is 1.82. The molecule has 3 heterocycles. The third-order valence-electron chi connectivity index (χ3n) is 5.72. The average Bonchev–Trinajstić information content (AvgIpc) is 3.28. The highest BCUT2D eigenvalue weighted by molar-refractivity contribution is 7.19. The Kier molecular flexibility index (Phi) is 5.97. The molecule has 0 spiro atoms. The number of carbonyl (C=O) groups is 1. The van der Waals surface area contributed by atoms with Crippen LogP contribution in [0.15, 0.2) is 59.4 Å². The van der Waals surface area contributed by atoms with Gasteiger partial charge in [-0.3, -0.25) is 9.59 Å². The van der Waals surface area contributed by atoms with Crippen LogP contribution in [0.25, 0.3) is 15.5 Å². The van der Waals surface area contributed by atoms with Gasteiger partial charge < -0.3 is 14.5 Å². The zero-order valence-electron chi connectivity index (χ0n) is 18.5. The number of fused-ring (bicyclic) bond motifs is 1. The minimum Gasteiger partial charge on any atom is -0.484 e. The number of anilines is 1. The van der Waals surface area contributed by atoms with E-state index in [-0.39, 0.29) is 18.1 Å². The molecule has 34 heavy (non-hydrogen) atoms. The molecular formula is C24H22FN5O3S. The molecule has 4 aromatic rings.